The first-order valence-electron chi connectivity index (χ1n) is 11.9. The third-order valence-corrected chi connectivity index (χ3v) is 7.66. The fraction of sp³-hybridized carbons (Fsp3) is 0.231. The minimum atomic E-state index is -0.725. The first-order chi connectivity index (χ1) is 18.0. The van der Waals surface area contributed by atoms with Crippen molar-refractivity contribution < 1.29 is 9.59 Å². The van der Waals surface area contributed by atoms with Crippen LogP contribution in [0, 0.1) is 0 Å². The van der Waals surface area contributed by atoms with Crippen molar-refractivity contribution in [2.75, 3.05) is 22.6 Å². The van der Waals surface area contributed by atoms with E-state index in [0.29, 0.717) is 18.0 Å². The first kappa shape index (κ1) is 23.2. The maximum absolute atomic E-state index is 13.3. The normalized spacial score (nSPS) is 16.8. The monoisotopic (exact) mass is 512 g/mol. The number of aromatic nitrogens is 5. The molecule has 4 aromatic rings. The van der Waals surface area contributed by atoms with Gasteiger partial charge in [0.1, 0.15) is 17.7 Å². The van der Waals surface area contributed by atoms with E-state index in [1.807, 2.05) is 48.7 Å². The molecule has 1 aromatic carbocycles. The predicted molar refractivity (Wildman–Crippen MR) is 139 cm³/mol. The van der Waals surface area contributed by atoms with Crippen LogP contribution in [0.25, 0.3) is 0 Å². The second-order valence-corrected chi connectivity index (χ2v) is 10.1. The van der Waals surface area contributed by atoms with E-state index in [2.05, 4.69) is 35.4 Å². The number of amides is 2. The number of benzene rings is 1. The van der Waals surface area contributed by atoms with Crippen molar-refractivity contribution >= 4 is 35.1 Å². The van der Waals surface area contributed by atoms with Crippen molar-refractivity contribution in [1.29, 1.82) is 0 Å². The van der Waals surface area contributed by atoms with Gasteiger partial charge in [-0.3, -0.25) is 19.7 Å². The number of anilines is 2. The van der Waals surface area contributed by atoms with Gasteiger partial charge >= 0.3 is 0 Å². The standard InChI is InChI=1S/C26H24N8O2S/c1-33-20-10-23(34-13-17-7-8-27-11-18(17)14-34)28-12-21(20)37-15-19(26(33)36)29-25(35)24-30-22(31-32-24)9-16-5-3-2-4-6-16/h2-8,10-12,19H,9,13-15H2,1H3,(H,29,35)(H,30,31,32)/t19-/m0/s1. The zero-order chi connectivity index (χ0) is 25.4. The lowest BCUT2D eigenvalue weighted by Crippen LogP contribution is -2.48. The minimum absolute atomic E-state index is 0.0141. The third-order valence-electron chi connectivity index (χ3n) is 6.53. The number of aromatic amines is 1. The number of carbonyl (C=O) groups is 2. The largest absolute Gasteiger partial charge is 0.348 e. The average molecular weight is 513 g/mol. The maximum atomic E-state index is 13.3. The molecule has 0 saturated carbocycles. The van der Waals surface area contributed by atoms with Crippen LogP contribution in [-0.2, 0) is 24.3 Å². The Hall–Kier alpha value is -4.25. The number of fused-ring (bicyclic) bond motifs is 2. The number of carbonyl (C=O) groups excluding carboxylic acids is 2. The molecular weight excluding hydrogens is 488 g/mol. The summed E-state index contributed by atoms with van der Waals surface area (Å²) in [6.07, 6.45) is 6.02. The summed E-state index contributed by atoms with van der Waals surface area (Å²) < 4.78 is 0. The van der Waals surface area contributed by atoms with Gasteiger partial charge in [0.15, 0.2) is 0 Å². The molecule has 10 nitrogen and oxygen atoms in total. The Morgan fingerprint density at radius 2 is 2.00 bits per heavy atom. The van der Waals surface area contributed by atoms with Crippen molar-refractivity contribution in [3.63, 3.8) is 0 Å². The number of hydrogen-bond acceptors (Lipinski definition) is 8. The Bertz CT molecular complexity index is 1450. The summed E-state index contributed by atoms with van der Waals surface area (Å²) in [6, 6.07) is 13.0. The molecule has 0 spiro atoms. The molecular formula is C26H24N8O2S. The molecule has 2 aliphatic rings. The molecule has 2 aliphatic heterocycles. The van der Waals surface area contributed by atoms with Crippen LogP contribution >= 0.6 is 11.8 Å². The van der Waals surface area contributed by atoms with E-state index < -0.39 is 11.9 Å². The van der Waals surface area contributed by atoms with Crippen LogP contribution in [0.4, 0.5) is 11.5 Å². The van der Waals surface area contributed by atoms with Gasteiger partial charge in [-0.25, -0.2) is 9.97 Å². The number of nitrogens with zero attached hydrogens (tertiary/aromatic N) is 6. The van der Waals surface area contributed by atoms with E-state index in [1.165, 1.54) is 22.9 Å². The van der Waals surface area contributed by atoms with E-state index in [4.69, 9.17) is 0 Å². The molecule has 2 N–H and O–H groups in total. The lowest BCUT2D eigenvalue weighted by atomic mass is 10.1. The fourth-order valence-corrected chi connectivity index (χ4v) is 5.58. The van der Waals surface area contributed by atoms with E-state index >= 15 is 0 Å². The zero-order valence-corrected chi connectivity index (χ0v) is 20.9. The Labute approximate surface area is 217 Å². The van der Waals surface area contributed by atoms with Gasteiger partial charge in [0.2, 0.25) is 11.7 Å². The smallest absolute Gasteiger partial charge is 0.291 e. The Kier molecular flexibility index (Phi) is 6.05. The summed E-state index contributed by atoms with van der Waals surface area (Å²) in [5.74, 6) is 1.08. The lowest BCUT2D eigenvalue weighted by Gasteiger charge is -2.23. The van der Waals surface area contributed by atoms with E-state index in [-0.39, 0.29) is 11.7 Å². The third kappa shape index (κ3) is 4.65. The molecule has 0 unspecified atom stereocenters. The molecule has 2 amide bonds. The highest BCUT2D eigenvalue weighted by Crippen LogP contribution is 2.37. The topological polar surface area (TPSA) is 120 Å². The van der Waals surface area contributed by atoms with Gasteiger partial charge in [0.25, 0.3) is 5.91 Å². The number of likely N-dealkylation sites (N-methyl/N-ethyl adjacent to an activating group) is 1. The first-order valence-corrected chi connectivity index (χ1v) is 12.9. The minimum Gasteiger partial charge on any atom is -0.348 e. The number of pyridine rings is 2. The molecule has 0 bridgehead atoms. The second kappa shape index (κ2) is 9.66. The van der Waals surface area contributed by atoms with Crippen LogP contribution in [0.5, 0.6) is 0 Å². The van der Waals surface area contributed by atoms with Crippen molar-refractivity contribution in [1.82, 2.24) is 30.5 Å². The highest BCUT2D eigenvalue weighted by molar-refractivity contribution is 7.99. The van der Waals surface area contributed by atoms with Gasteiger partial charge in [0, 0.05) is 61.9 Å². The average Bonchev–Trinajstić information content (AvgIpc) is 3.55. The molecule has 5 heterocycles. The quantitative estimate of drug-likeness (QED) is 0.419. The van der Waals surface area contributed by atoms with Crippen molar-refractivity contribution in [2.45, 2.75) is 30.4 Å². The number of rotatable bonds is 5. The fourth-order valence-electron chi connectivity index (χ4n) is 4.54. The number of thioether (sulfide) groups is 1. The second-order valence-electron chi connectivity index (χ2n) is 9.01. The number of H-pyrrole nitrogens is 1. The SMILES string of the molecule is CN1C(=O)[C@@H](NC(=O)c2n[nH]c(Cc3ccccc3)n2)CSc2cnc(N3Cc4ccncc4C3)cc21. The highest BCUT2D eigenvalue weighted by atomic mass is 32.2. The number of nitrogens with one attached hydrogen (secondary N) is 2. The molecule has 3 aromatic heterocycles. The summed E-state index contributed by atoms with van der Waals surface area (Å²) in [5, 5.41) is 9.69. The van der Waals surface area contributed by atoms with Gasteiger partial charge in [-0.2, -0.15) is 0 Å². The Balaban J connectivity index is 1.14. The van der Waals surface area contributed by atoms with Crippen molar-refractivity contribution in [3.05, 3.63) is 89.4 Å². The van der Waals surface area contributed by atoms with Gasteiger partial charge < -0.3 is 15.1 Å². The highest BCUT2D eigenvalue weighted by Gasteiger charge is 2.32. The maximum Gasteiger partial charge on any atom is 0.291 e. The Morgan fingerprint density at radius 1 is 1.16 bits per heavy atom. The van der Waals surface area contributed by atoms with Crippen LogP contribution in [0.15, 0.2) is 66.0 Å². The van der Waals surface area contributed by atoms with Crippen LogP contribution in [-0.4, -0.2) is 55.8 Å². The Morgan fingerprint density at radius 3 is 2.84 bits per heavy atom. The van der Waals surface area contributed by atoms with Gasteiger partial charge in [-0.15, -0.1) is 16.9 Å². The molecule has 0 aliphatic carbocycles. The molecule has 0 radical (unpaired) electrons. The summed E-state index contributed by atoms with van der Waals surface area (Å²) in [7, 11) is 1.73. The van der Waals surface area contributed by atoms with E-state index in [1.54, 1.807) is 24.3 Å². The summed E-state index contributed by atoms with van der Waals surface area (Å²) in [5.41, 5.74) is 4.24. The summed E-state index contributed by atoms with van der Waals surface area (Å²) in [4.78, 5) is 44.1. The van der Waals surface area contributed by atoms with Gasteiger partial charge in [-0.1, -0.05) is 30.3 Å². The molecule has 6 rings (SSSR count). The zero-order valence-electron chi connectivity index (χ0n) is 20.1. The van der Waals surface area contributed by atoms with Crippen molar-refractivity contribution in [3.8, 4) is 0 Å². The molecule has 37 heavy (non-hydrogen) atoms. The van der Waals surface area contributed by atoms with Crippen LogP contribution < -0.4 is 15.1 Å². The van der Waals surface area contributed by atoms with E-state index in [9.17, 15) is 9.59 Å². The molecule has 1 atom stereocenters. The molecule has 11 heteroatoms. The molecule has 0 saturated heterocycles. The predicted octanol–water partition coefficient (Wildman–Crippen LogP) is 2.57. The number of hydrogen-bond donors (Lipinski definition) is 2. The van der Waals surface area contributed by atoms with E-state index in [0.717, 1.165) is 35.1 Å². The summed E-state index contributed by atoms with van der Waals surface area (Å²) in [6.45, 7) is 1.47. The van der Waals surface area contributed by atoms with Gasteiger partial charge in [-0.05, 0) is 22.8 Å². The molecule has 186 valence electrons. The van der Waals surface area contributed by atoms with Crippen LogP contribution in [0.3, 0.4) is 0 Å². The lowest BCUT2D eigenvalue weighted by molar-refractivity contribution is -0.119. The van der Waals surface area contributed by atoms with Gasteiger partial charge in [0.05, 0.1) is 5.69 Å². The molecule has 0 fully saturated rings. The summed E-state index contributed by atoms with van der Waals surface area (Å²) >= 11 is 1.49. The van der Waals surface area contributed by atoms with Crippen LogP contribution in [0.2, 0.25) is 0 Å². The van der Waals surface area contributed by atoms with Crippen LogP contribution in [0.1, 0.15) is 33.1 Å². The van der Waals surface area contributed by atoms with Crippen molar-refractivity contribution in [2.24, 2.45) is 0 Å².